The fourth-order valence-electron chi connectivity index (χ4n) is 2.32. The molecule has 1 aliphatic heterocycles. The van der Waals surface area contributed by atoms with Crippen LogP contribution in [0.5, 0.6) is 5.75 Å². The molecule has 20 heavy (non-hydrogen) atoms. The summed E-state index contributed by atoms with van der Waals surface area (Å²) in [5.74, 6) is 1.54. The molecule has 4 nitrogen and oxygen atoms in total. The predicted molar refractivity (Wildman–Crippen MR) is 82.4 cm³/mol. The van der Waals surface area contributed by atoms with Gasteiger partial charge < -0.3 is 15.0 Å². The summed E-state index contributed by atoms with van der Waals surface area (Å²) < 4.78 is 5.12. The summed E-state index contributed by atoms with van der Waals surface area (Å²) in [5.41, 5.74) is 0. The molecule has 0 spiro atoms. The molecule has 0 aliphatic carbocycles. The SMILES string of the molecule is COc1ccc(SCC(=O)N(C)C2CCNCC2)cc1. The molecule has 0 bridgehead atoms. The Kier molecular flexibility index (Phi) is 5.73. The number of rotatable bonds is 5. The molecule has 110 valence electrons. The van der Waals surface area contributed by atoms with Crippen molar-refractivity contribution in [3.05, 3.63) is 24.3 Å². The Morgan fingerprint density at radius 2 is 2.00 bits per heavy atom. The van der Waals surface area contributed by atoms with Gasteiger partial charge in [-0.15, -0.1) is 11.8 Å². The number of hydrogen-bond acceptors (Lipinski definition) is 4. The lowest BCUT2D eigenvalue weighted by atomic mass is 10.1. The van der Waals surface area contributed by atoms with E-state index in [0.29, 0.717) is 11.8 Å². The van der Waals surface area contributed by atoms with Gasteiger partial charge in [0, 0.05) is 18.0 Å². The van der Waals surface area contributed by atoms with E-state index in [2.05, 4.69) is 5.32 Å². The third-order valence-electron chi connectivity index (χ3n) is 3.67. The Labute approximate surface area is 124 Å². The summed E-state index contributed by atoms with van der Waals surface area (Å²) in [4.78, 5) is 15.2. The van der Waals surface area contributed by atoms with Gasteiger partial charge in [0.1, 0.15) is 5.75 Å². The molecule has 0 aromatic heterocycles. The molecule has 1 saturated heterocycles. The highest BCUT2D eigenvalue weighted by Gasteiger charge is 2.21. The summed E-state index contributed by atoms with van der Waals surface area (Å²) >= 11 is 1.58. The first-order valence-electron chi connectivity index (χ1n) is 6.94. The first-order valence-corrected chi connectivity index (χ1v) is 7.92. The topological polar surface area (TPSA) is 41.6 Å². The average molecular weight is 294 g/mol. The molecular weight excluding hydrogens is 272 g/mol. The second-order valence-electron chi connectivity index (χ2n) is 4.95. The summed E-state index contributed by atoms with van der Waals surface area (Å²) in [6, 6.07) is 8.20. The Morgan fingerprint density at radius 1 is 1.35 bits per heavy atom. The molecule has 1 aliphatic rings. The fourth-order valence-corrected chi connectivity index (χ4v) is 3.14. The number of benzene rings is 1. The minimum absolute atomic E-state index is 0.206. The van der Waals surface area contributed by atoms with Crippen molar-refractivity contribution in [3.63, 3.8) is 0 Å². The molecule has 0 radical (unpaired) electrons. The zero-order chi connectivity index (χ0) is 14.4. The van der Waals surface area contributed by atoms with E-state index in [9.17, 15) is 4.79 Å². The zero-order valence-electron chi connectivity index (χ0n) is 12.1. The molecule has 1 aromatic carbocycles. The lowest BCUT2D eigenvalue weighted by Crippen LogP contribution is -2.44. The van der Waals surface area contributed by atoms with Crippen molar-refractivity contribution >= 4 is 17.7 Å². The molecule has 5 heteroatoms. The predicted octanol–water partition coefficient (Wildman–Crippen LogP) is 2.00. The van der Waals surface area contributed by atoms with Crippen molar-refractivity contribution in [1.29, 1.82) is 0 Å². The number of carbonyl (C=O) groups is 1. The minimum Gasteiger partial charge on any atom is -0.497 e. The van der Waals surface area contributed by atoms with E-state index in [-0.39, 0.29) is 5.91 Å². The number of thioether (sulfide) groups is 1. The molecule has 1 N–H and O–H groups in total. The van der Waals surface area contributed by atoms with E-state index in [1.807, 2.05) is 36.2 Å². The van der Waals surface area contributed by atoms with E-state index < -0.39 is 0 Å². The summed E-state index contributed by atoms with van der Waals surface area (Å²) in [6.07, 6.45) is 2.10. The van der Waals surface area contributed by atoms with Crippen molar-refractivity contribution in [2.45, 2.75) is 23.8 Å². The molecule has 1 amide bonds. The highest BCUT2D eigenvalue weighted by Crippen LogP contribution is 2.22. The number of piperidine rings is 1. The van der Waals surface area contributed by atoms with Crippen LogP contribution in [-0.2, 0) is 4.79 Å². The number of carbonyl (C=O) groups excluding carboxylic acids is 1. The van der Waals surface area contributed by atoms with Gasteiger partial charge in [-0.25, -0.2) is 0 Å². The maximum absolute atomic E-state index is 12.2. The van der Waals surface area contributed by atoms with E-state index >= 15 is 0 Å². The number of nitrogens with zero attached hydrogens (tertiary/aromatic N) is 1. The van der Waals surface area contributed by atoms with Gasteiger partial charge in [-0.05, 0) is 50.2 Å². The first-order chi connectivity index (χ1) is 9.70. The van der Waals surface area contributed by atoms with Gasteiger partial charge in [0.05, 0.1) is 12.9 Å². The number of ether oxygens (including phenoxy) is 1. The van der Waals surface area contributed by atoms with Gasteiger partial charge in [-0.2, -0.15) is 0 Å². The molecule has 0 saturated carbocycles. The quantitative estimate of drug-likeness (QED) is 0.843. The fraction of sp³-hybridized carbons (Fsp3) is 0.533. The van der Waals surface area contributed by atoms with E-state index in [1.165, 1.54) is 0 Å². The molecule has 1 heterocycles. The second-order valence-corrected chi connectivity index (χ2v) is 6.00. The van der Waals surface area contributed by atoms with Gasteiger partial charge in [0.15, 0.2) is 0 Å². The van der Waals surface area contributed by atoms with Crippen LogP contribution in [0.3, 0.4) is 0 Å². The largest absolute Gasteiger partial charge is 0.497 e. The van der Waals surface area contributed by atoms with Crippen molar-refractivity contribution in [3.8, 4) is 5.75 Å². The monoisotopic (exact) mass is 294 g/mol. The van der Waals surface area contributed by atoms with E-state index in [1.54, 1.807) is 18.9 Å². The number of methoxy groups -OCH3 is 1. The Bertz CT molecular complexity index is 430. The number of hydrogen-bond donors (Lipinski definition) is 1. The standard InChI is InChI=1S/C15H22N2O2S/c1-17(12-7-9-16-10-8-12)15(18)11-20-14-5-3-13(19-2)4-6-14/h3-6,12,16H,7-11H2,1-2H3. The smallest absolute Gasteiger partial charge is 0.232 e. The molecule has 1 aromatic rings. The van der Waals surface area contributed by atoms with Gasteiger partial charge in [-0.3, -0.25) is 4.79 Å². The number of nitrogens with one attached hydrogen (secondary N) is 1. The molecular formula is C15H22N2O2S. The summed E-state index contributed by atoms with van der Waals surface area (Å²) in [6.45, 7) is 2.02. The normalized spacial score (nSPS) is 15.9. The van der Waals surface area contributed by atoms with Crippen LogP contribution in [0, 0.1) is 0 Å². The molecule has 1 fully saturated rings. The van der Waals surface area contributed by atoms with Crippen LogP contribution in [0.25, 0.3) is 0 Å². The van der Waals surface area contributed by atoms with E-state index in [4.69, 9.17) is 4.74 Å². The maximum Gasteiger partial charge on any atom is 0.232 e. The van der Waals surface area contributed by atoms with E-state index in [0.717, 1.165) is 36.6 Å². The van der Waals surface area contributed by atoms with Crippen molar-refractivity contribution in [2.24, 2.45) is 0 Å². The number of amides is 1. The lowest BCUT2D eigenvalue weighted by molar-refractivity contribution is -0.129. The molecule has 2 rings (SSSR count). The van der Waals surface area contributed by atoms with Crippen LogP contribution >= 0.6 is 11.8 Å². The third-order valence-corrected chi connectivity index (χ3v) is 4.67. The minimum atomic E-state index is 0.206. The van der Waals surface area contributed by atoms with Crippen molar-refractivity contribution in [2.75, 3.05) is 33.0 Å². The van der Waals surface area contributed by atoms with Gasteiger partial charge in [0.2, 0.25) is 5.91 Å². The second kappa shape index (κ2) is 7.55. The molecule has 0 unspecified atom stereocenters. The van der Waals surface area contributed by atoms with Crippen molar-refractivity contribution in [1.82, 2.24) is 10.2 Å². The van der Waals surface area contributed by atoms with Crippen LogP contribution in [0.15, 0.2) is 29.2 Å². The lowest BCUT2D eigenvalue weighted by Gasteiger charge is -2.31. The average Bonchev–Trinajstić information content (AvgIpc) is 2.53. The maximum atomic E-state index is 12.2. The summed E-state index contributed by atoms with van der Waals surface area (Å²) in [5, 5.41) is 3.32. The van der Waals surface area contributed by atoms with Gasteiger partial charge in [-0.1, -0.05) is 0 Å². The van der Waals surface area contributed by atoms with Crippen LogP contribution < -0.4 is 10.1 Å². The van der Waals surface area contributed by atoms with Gasteiger partial charge in [0.25, 0.3) is 0 Å². The van der Waals surface area contributed by atoms with Crippen LogP contribution in [0.2, 0.25) is 0 Å². The van der Waals surface area contributed by atoms with Crippen molar-refractivity contribution < 1.29 is 9.53 Å². The van der Waals surface area contributed by atoms with Crippen LogP contribution in [0.1, 0.15) is 12.8 Å². The highest BCUT2D eigenvalue weighted by molar-refractivity contribution is 8.00. The molecule has 0 atom stereocenters. The Balaban J connectivity index is 1.81. The third kappa shape index (κ3) is 4.15. The van der Waals surface area contributed by atoms with Gasteiger partial charge >= 0.3 is 0 Å². The zero-order valence-corrected chi connectivity index (χ0v) is 12.9. The first kappa shape index (κ1) is 15.2. The Morgan fingerprint density at radius 3 is 2.60 bits per heavy atom. The van der Waals surface area contributed by atoms with Crippen LogP contribution in [-0.4, -0.2) is 49.8 Å². The highest BCUT2D eigenvalue weighted by atomic mass is 32.2. The Hall–Kier alpha value is -1.20. The summed E-state index contributed by atoms with van der Waals surface area (Å²) in [7, 11) is 3.58. The van der Waals surface area contributed by atoms with Crippen LogP contribution in [0.4, 0.5) is 0 Å².